The van der Waals surface area contributed by atoms with Gasteiger partial charge in [0.1, 0.15) is 5.75 Å². The minimum absolute atomic E-state index is 0.0512. The van der Waals surface area contributed by atoms with Crippen LogP contribution in [0.5, 0.6) is 5.75 Å². The van der Waals surface area contributed by atoms with Crippen molar-refractivity contribution in [1.82, 2.24) is 10.2 Å². The zero-order chi connectivity index (χ0) is 18.5. The van der Waals surface area contributed by atoms with Gasteiger partial charge in [-0.3, -0.25) is 0 Å². The van der Waals surface area contributed by atoms with Crippen LogP contribution >= 0.6 is 0 Å². The van der Waals surface area contributed by atoms with Crippen LogP contribution in [-0.2, 0) is 19.4 Å². The number of benzene rings is 2. The number of carbonyl (C=O) groups excluding carboxylic acids is 1. The van der Waals surface area contributed by atoms with E-state index < -0.39 is 0 Å². The van der Waals surface area contributed by atoms with E-state index in [0.717, 1.165) is 31.7 Å². The molecule has 1 aliphatic heterocycles. The van der Waals surface area contributed by atoms with Crippen LogP contribution in [0.15, 0.2) is 48.5 Å². The molecule has 0 radical (unpaired) electrons. The number of nitrogens with one attached hydrogen (secondary N) is 1. The fourth-order valence-corrected chi connectivity index (χ4v) is 3.83. The van der Waals surface area contributed by atoms with E-state index in [9.17, 15) is 4.79 Å². The molecule has 4 heteroatoms. The molecule has 2 amide bonds. The van der Waals surface area contributed by atoms with Gasteiger partial charge >= 0.3 is 6.03 Å². The van der Waals surface area contributed by atoms with E-state index in [-0.39, 0.29) is 6.03 Å². The lowest BCUT2D eigenvalue weighted by molar-refractivity contribution is 0.164. The molecule has 27 heavy (non-hydrogen) atoms. The summed E-state index contributed by atoms with van der Waals surface area (Å²) in [6, 6.07) is 16.7. The summed E-state index contributed by atoms with van der Waals surface area (Å²) in [5.74, 6) is 1.67. The Morgan fingerprint density at radius 2 is 1.96 bits per heavy atom. The molecule has 0 atom stereocenters. The lowest BCUT2D eigenvalue weighted by Crippen LogP contribution is -2.43. The first-order valence-corrected chi connectivity index (χ1v) is 10.1. The third kappa shape index (κ3) is 4.62. The first-order valence-electron chi connectivity index (χ1n) is 10.1. The smallest absolute Gasteiger partial charge is 0.317 e. The van der Waals surface area contributed by atoms with Crippen molar-refractivity contribution >= 4 is 6.03 Å². The highest BCUT2D eigenvalue weighted by Gasteiger charge is 2.23. The van der Waals surface area contributed by atoms with Crippen molar-refractivity contribution in [2.75, 3.05) is 19.7 Å². The minimum Gasteiger partial charge on any atom is -0.493 e. The third-order valence-corrected chi connectivity index (χ3v) is 5.65. The van der Waals surface area contributed by atoms with Crippen LogP contribution in [0.4, 0.5) is 4.79 Å². The topological polar surface area (TPSA) is 41.6 Å². The monoisotopic (exact) mass is 364 g/mol. The summed E-state index contributed by atoms with van der Waals surface area (Å²) in [4.78, 5) is 14.8. The van der Waals surface area contributed by atoms with Crippen molar-refractivity contribution < 1.29 is 9.53 Å². The van der Waals surface area contributed by atoms with E-state index in [1.165, 1.54) is 36.0 Å². The summed E-state index contributed by atoms with van der Waals surface area (Å²) in [6.45, 7) is 2.98. The molecule has 1 heterocycles. The molecule has 2 aromatic carbocycles. The van der Waals surface area contributed by atoms with Gasteiger partial charge in [-0.1, -0.05) is 48.9 Å². The quantitative estimate of drug-likeness (QED) is 0.801. The molecule has 1 fully saturated rings. The number of nitrogens with zero attached hydrogens (tertiary/aromatic N) is 1. The average molecular weight is 364 g/mol. The van der Waals surface area contributed by atoms with Crippen LogP contribution in [-0.4, -0.2) is 30.6 Å². The van der Waals surface area contributed by atoms with Crippen LogP contribution in [0.3, 0.4) is 0 Å². The van der Waals surface area contributed by atoms with Gasteiger partial charge in [-0.15, -0.1) is 0 Å². The average Bonchev–Trinajstić information content (AvgIpc) is 3.12. The Balaban J connectivity index is 1.31. The van der Waals surface area contributed by atoms with Gasteiger partial charge in [-0.25, -0.2) is 4.79 Å². The zero-order valence-corrected chi connectivity index (χ0v) is 15.8. The van der Waals surface area contributed by atoms with Crippen molar-refractivity contribution in [1.29, 1.82) is 0 Å². The summed E-state index contributed by atoms with van der Waals surface area (Å²) in [5, 5.41) is 3.13. The fraction of sp³-hybridized carbons (Fsp3) is 0.435. The molecule has 0 unspecified atom stereocenters. The second-order valence-electron chi connectivity index (χ2n) is 7.69. The zero-order valence-electron chi connectivity index (χ0n) is 15.8. The Hall–Kier alpha value is -2.49. The number of hydrogen-bond acceptors (Lipinski definition) is 2. The molecule has 142 valence electrons. The SMILES string of the molecule is O=C(NCCc1ccc2c(c1)CCO2)N(Cc1ccccc1)CC1CCC1. The first-order chi connectivity index (χ1) is 13.3. The highest BCUT2D eigenvalue weighted by Crippen LogP contribution is 2.28. The number of amides is 2. The van der Waals surface area contributed by atoms with Crippen LogP contribution in [0.1, 0.15) is 36.0 Å². The maximum absolute atomic E-state index is 12.8. The predicted octanol–water partition coefficient (Wildman–Crippen LogP) is 4.18. The fourth-order valence-electron chi connectivity index (χ4n) is 3.83. The predicted molar refractivity (Wildman–Crippen MR) is 107 cm³/mol. The highest BCUT2D eigenvalue weighted by atomic mass is 16.5. The Bertz CT molecular complexity index is 771. The number of ether oxygens (including phenoxy) is 1. The van der Waals surface area contributed by atoms with Gasteiger partial charge in [0.05, 0.1) is 6.61 Å². The van der Waals surface area contributed by atoms with E-state index >= 15 is 0 Å². The Labute approximate surface area is 161 Å². The summed E-state index contributed by atoms with van der Waals surface area (Å²) < 4.78 is 5.56. The number of fused-ring (bicyclic) bond motifs is 1. The minimum atomic E-state index is 0.0512. The Kier molecular flexibility index (Phi) is 5.61. The molecule has 0 spiro atoms. The summed E-state index contributed by atoms with van der Waals surface area (Å²) in [5.41, 5.74) is 3.73. The maximum atomic E-state index is 12.8. The summed E-state index contributed by atoms with van der Waals surface area (Å²) in [7, 11) is 0. The molecule has 0 bridgehead atoms. The van der Waals surface area contributed by atoms with Gasteiger partial charge < -0.3 is 15.0 Å². The highest BCUT2D eigenvalue weighted by molar-refractivity contribution is 5.74. The van der Waals surface area contributed by atoms with Gasteiger partial charge in [0.2, 0.25) is 0 Å². The molecular weight excluding hydrogens is 336 g/mol. The standard InChI is InChI=1S/C23H28N2O2/c26-23(24-13-11-18-9-10-22-21(15-18)12-14-27-22)25(17-20-7-4-8-20)16-19-5-2-1-3-6-19/h1-3,5-6,9-10,15,20H,4,7-8,11-14,16-17H2,(H,24,26). The second kappa shape index (κ2) is 8.47. The molecule has 1 N–H and O–H groups in total. The van der Waals surface area contributed by atoms with E-state index in [1.54, 1.807) is 0 Å². The molecule has 1 aliphatic carbocycles. The molecule has 0 saturated heterocycles. The number of rotatable bonds is 7. The lowest BCUT2D eigenvalue weighted by atomic mass is 9.85. The van der Waals surface area contributed by atoms with Crippen LogP contribution in [0.25, 0.3) is 0 Å². The third-order valence-electron chi connectivity index (χ3n) is 5.65. The van der Waals surface area contributed by atoms with E-state index in [0.29, 0.717) is 19.0 Å². The largest absolute Gasteiger partial charge is 0.493 e. The second-order valence-corrected chi connectivity index (χ2v) is 7.69. The van der Waals surface area contributed by atoms with Crippen LogP contribution in [0, 0.1) is 5.92 Å². The van der Waals surface area contributed by atoms with E-state index in [2.05, 4.69) is 35.6 Å². The van der Waals surface area contributed by atoms with E-state index in [1.807, 2.05) is 23.1 Å². The summed E-state index contributed by atoms with van der Waals surface area (Å²) >= 11 is 0. The normalized spacial score (nSPS) is 15.6. The Morgan fingerprint density at radius 3 is 2.74 bits per heavy atom. The van der Waals surface area contributed by atoms with Gasteiger partial charge in [0.15, 0.2) is 0 Å². The van der Waals surface area contributed by atoms with Gasteiger partial charge in [-0.2, -0.15) is 0 Å². The van der Waals surface area contributed by atoms with Crippen molar-refractivity contribution in [2.45, 2.75) is 38.6 Å². The summed E-state index contributed by atoms with van der Waals surface area (Å²) in [6.07, 6.45) is 5.63. The maximum Gasteiger partial charge on any atom is 0.317 e. The van der Waals surface area contributed by atoms with E-state index in [4.69, 9.17) is 4.74 Å². The molecule has 0 aromatic heterocycles. The van der Waals surface area contributed by atoms with Crippen LogP contribution in [0.2, 0.25) is 0 Å². The van der Waals surface area contributed by atoms with Crippen molar-refractivity contribution in [3.05, 3.63) is 65.2 Å². The van der Waals surface area contributed by atoms with Crippen LogP contribution < -0.4 is 10.1 Å². The van der Waals surface area contributed by atoms with Gasteiger partial charge in [0, 0.05) is 26.1 Å². The molecule has 2 aliphatic rings. The van der Waals surface area contributed by atoms with Crippen molar-refractivity contribution in [3.63, 3.8) is 0 Å². The van der Waals surface area contributed by atoms with Gasteiger partial charge in [-0.05, 0) is 47.9 Å². The lowest BCUT2D eigenvalue weighted by Gasteiger charge is -2.32. The first kappa shape index (κ1) is 17.9. The molecular formula is C23H28N2O2. The molecule has 1 saturated carbocycles. The Morgan fingerprint density at radius 1 is 1.11 bits per heavy atom. The van der Waals surface area contributed by atoms with Crippen molar-refractivity contribution in [3.8, 4) is 5.75 Å². The number of hydrogen-bond donors (Lipinski definition) is 1. The molecule has 4 rings (SSSR count). The number of carbonyl (C=O) groups is 1. The molecule has 2 aromatic rings. The number of urea groups is 1. The molecule has 4 nitrogen and oxygen atoms in total. The van der Waals surface area contributed by atoms with Crippen molar-refractivity contribution in [2.24, 2.45) is 5.92 Å². The van der Waals surface area contributed by atoms with Gasteiger partial charge in [0.25, 0.3) is 0 Å².